The highest BCUT2D eigenvalue weighted by Gasteiger charge is 2.16. The number of hydrogen-bond donors (Lipinski definition) is 0. The van der Waals surface area contributed by atoms with Gasteiger partial charge in [-0.3, -0.25) is 0 Å². The average molecular weight is 363 g/mol. The summed E-state index contributed by atoms with van der Waals surface area (Å²) in [6.45, 7) is 4.22. The largest absolute Gasteiger partial charge is 0.448 e. The quantitative estimate of drug-likeness (QED) is 0.377. The van der Waals surface area contributed by atoms with Crippen molar-refractivity contribution in [2.75, 3.05) is 0 Å². The van der Waals surface area contributed by atoms with Crippen LogP contribution in [-0.4, -0.2) is 0 Å². The standard InChI is InChI=1S/C22H18OS2/c1-15-7-11-17(12-8-15)24-21-19-5-3-4-6-20(19)23-22(21)25-18-13-9-16(2)10-14-18/h3-14H,1-2H3. The monoisotopic (exact) mass is 362 g/mol. The Morgan fingerprint density at radius 1 is 0.640 bits per heavy atom. The third-order valence-electron chi connectivity index (χ3n) is 3.99. The van der Waals surface area contributed by atoms with Crippen LogP contribution in [0.1, 0.15) is 11.1 Å². The molecule has 1 heterocycles. The van der Waals surface area contributed by atoms with Gasteiger partial charge < -0.3 is 4.42 Å². The van der Waals surface area contributed by atoms with E-state index in [9.17, 15) is 0 Å². The molecule has 0 N–H and O–H groups in total. The average Bonchev–Trinajstić information content (AvgIpc) is 2.96. The highest BCUT2D eigenvalue weighted by molar-refractivity contribution is 8.02. The van der Waals surface area contributed by atoms with Crippen LogP contribution in [0.2, 0.25) is 0 Å². The molecular formula is C22H18OS2. The van der Waals surface area contributed by atoms with Crippen molar-refractivity contribution in [2.45, 2.75) is 33.6 Å². The summed E-state index contributed by atoms with van der Waals surface area (Å²) in [5.41, 5.74) is 3.48. The molecule has 0 saturated carbocycles. The van der Waals surface area contributed by atoms with Gasteiger partial charge in [0.1, 0.15) is 5.58 Å². The molecule has 0 unspecified atom stereocenters. The van der Waals surface area contributed by atoms with Crippen LogP contribution in [0.3, 0.4) is 0 Å². The molecule has 0 fully saturated rings. The van der Waals surface area contributed by atoms with Crippen LogP contribution >= 0.6 is 23.5 Å². The van der Waals surface area contributed by atoms with E-state index in [2.05, 4.69) is 74.5 Å². The third kappa shape index (κ3) is 3.63. The zero-order valence-corrected chi connectivity index (χ0v) is 15.8. The van der Waals surface area contributed by atoms with E-state index in [4.69, 9.17) is 4.42 Å². The molecule has 124 valence electrons. The summed E-state index contributed by atoms with van der Waals surface area (Å²) in [5, 5.41) is 2.12. The van der Waals surface area contributed by atoms with Crippen molar-refractivity contribution in [2.24, 2.45) is 0 Å². The third-order valence-corrected chi connectivity index (χ3v) is 6.22. The Morgan fingerprint density at radius 2 is 1.20 bits per heavy atom. The van der Waals surface area contributed by atoms with E-state index in [1.165, 1.54) is 31.2 Å². The van der Waals surface area contributed by atoms with Gasteiger partial charge in [0.15, 0.2) is 5.09 Å². The summed E-state index contributed by atoms with van der Waals surface area (Å²) < 4.78 is 6.17. The first kappa shape index (κ1) is 16.4. The zero-order valence-electron chi connectivity index (χ0n) is 14.2. The molecule has 0 spiro atoms. The number of furan rings is 1. The normalized spacial score (nSPS) is 11.1. The Hall–Kier alpha value is -2.10. The van der Waals surface area contributed by atoms with Crippen molar-refractivity contribution in [3.8, 4) is 0 Å². The predicted octanol–water partition coefficient (Wildman–Crippen LogP) is 7.35. The highest BCUT2D eigenvalue weighted by atomic mass is 32.2. The minimum absolute atomic E-state index is 0.937. The summed E-state index contributed by atoms with van der Waals surface area (Å²) in [5.74, 6) is 0. The molecule has 0 saturated heterocycles. The molecular weight excluding hydrogens is 344 g/mol. The van der Waals surface area contributed by atoms with Gasteiger partial charge in [0.25, 0.3) is 0 Å². The zero-order chi connectivity index (χ0) is 17.2. The number of rotatable bonds is 4. The van der Waals surface area contributed by atoms with Crippen molar-refractivity contribution < 1.29 is 4.42 Å². The molecule has 0 aliphatic heterocycles. The number of para-hydroxylation sites is 1. The lowest BCUT2D eigenvalue weighted by molar-refractivity contribution is 0.500. The van der Waals surface area contributed by atoms with Crippen LogP contribution in [0.15, 0.2) is 97.0 Å². The van der Waals surface area contributed by atoms with Gasteiger partial charge in [-0.1, -0.05) is 71.0 Å². The second kappa shape index (κ2) is 7.03. The molecule has 1 aromatic heterocycles. The smallest absolute Gasteiger partial charge is 0.180 e. The summed E-state index contributed by atoms with van der Waals surface area (Å²) in [6.07, 6.45) is 0. The number of fused-ring (bicyclic) bond motifs is 1. The van der Waals surface area contributed by atoms with E-state index in [0.29, 0.717) is 0 Å². The molecule has 0 aliphatic carbocycles. The van der Waals surface area contributed by atoms with Gasteiger partial charge in [-0.05, 0) is 50.2 Å². The predicted molar refractivity (Wildman–Crippen MR) is 107 cm³/mol. The maximum Gasteiger partial charge on any atom is 0.180 e. The van der Waals surface area contributed by atoms with Crippen LogP contribution in [-0.2, 0) is 0 Å². The van der Waals surface area contributed by atoms with Crippen molar-refractivity contribution in [3.05, 3.63) is 83.9 Å². The molecule has 3 aromatic carbocycles. The topological polar surface area (TPSA) is 13.1 Å². The lowest BCUT2D eigenvalue weighted by Gasteiger charge is -2.04. The van der Waals surface area contributed by atoms with Crippen LogP contribution in [0, 0.1) is 13.8 Å². The van der Waals surface area contributed by atoms with Gasteiger partial charge in [-0.25, -0.2) is 0 Å². The van der Waals surface area contributed by atoms with Crippen LogP contribution in [0.5, 0.6) is 0 Å². The fraction of sp³-hybridized carbons (Fsp3) is 0.0909. The first-order valence-electron chi connectivity index (χ1n) is 8.19. The highest BCUT2D eigenvalue weighted by Crippen LogP contribution is 2.45. The minimum Gasteiger partial charge on any atom is -0.448 e. The van der Waals surface area contributed by atoms with Gasteiger partial charge in [0.2, 0.25) is 0 Å². The Balaban J connectivity index is 1.74. The number of hydrogen-bond acceptors (Lipinski definition) is 3. The first-order valence-corrected chi connectivity index (χ1v) is 9.83. The van der Waals surface area contributed by atoms with Crippen molar-refractivity contribution >= 4 is 34.5 Å². The molecule has 25 heavy (non-hydrogen) atoms. The molecule has 4 aromatic rings. The molecule has 4 rings (SSSR count). The fourth-order valence-corrected chi connectivity index (χ4v) is 4.58. The summed E-state index contributed by atoms with van der Waals surface area (Å²) in [7, 11) is 0. The SMILES string of the molecule is Cc1ccc(Sc2oc3ccccc3c2Sc2ccc(C)cc2)cc1. The second-order valence-corrected chi connectivity index (χ2v) is 8.18. The van der Waals surface area contributed by atoms with Crippen molar-refractivity contribution in [1.29, 1.82) is 0 Å². The molecule has 0 aliphatic rings. The minimum atomic E-state index is 0.937. The first-order chi connectivity index (χ1) is 12.2. The molecule has 0 radical (unpaired) electrons. The van der Waals surface area contributed by atoms with Crippen LogP contribution in [0.4, 0.5) is 0 Å². The van der Waals surface area contributed by atoms with E-state index in [1.807, 2.05) is 12.1 Å². The summed E-state index contributed by atoms with van der Waals surface area (Å²) in [6, 6.07) is 25.5. The summed E-state index contributed by atoms with van der Waals surface area (Å²) >= 11 is 3.45. The van der Waals surface area contributed by atoms with Crippen LogP contribution in [0.25, 0.3) is 11.0 Å². The molecule has 1 nitrogen and oxygen atoms in total. The molecule has 0 amide bonds. The number of aryl methyl sites for hydroxylation is 2. The second-order valence-electron chi connectivity index (χ2n) is 6.05. The van der Waals surface area contributed by atoms with E-state index in [0.717, 1.165) is 10.7 Å². The van der Waals surface area contributed by atoms with E-state index in [-0.39, 0.29) is 0 Å². The number of benzene rings is 3. The fourth-order valence-electron chi connectivity index (χ4n) is 2.60. The molecule has 3 heteroatoms. The van der Waals surface area contributed by atoms with Crippen LogP contribution < -0.4 is 0 Å². The Bertz CT molecular complexity index is 999. The lowest BCUT2D eigenvalue weighted by atomic mass is 10.2. The Labute approximate surface area is 156 Å². The maximum absolute atomic E-state index is 6.17. The van der Waals surface area contributed by atoms with Crippen molar-refractivity contribution in [3.63, 3.8) is 0 Å². The van der Waals surface area contributed by atoms with E-state index < -0.39 is 0 Å². The van der Waals surface area contributed by atoms with E-state index >= 15 is 0 Å². The molecule has 0 atom stereocenters. The van der Waals surface area contributed by atoms with Gasteiger partial charge in [-0.15, -0.1) is 0 Å². The van der Waals surface area contributed by atoms with Gasteiger partial charge in [-0.2, -0.15) is 0 Å². The maximum atomic E-state index is 6.17. The Morgan fingerprint density at radius 3 is 1.84 bits per heavy atom. The van der Waals surface area contributed by atoms with Gasteiger partial charge in [0.05, 0.1) is 4.90 Å². The summed E-state index contributed by atoms with van der Waals surface area (Å²) in [4.78, 5) is 3.60. The van der Waals surface area contributed by atoms with Gasteiger partial charge in [0, 0.05) is 15.2 Å². The van der Waals surface area contributed by atoms with Crippen molar-refractivity contribution in [1.82, 2.24) is 0 Å². The lowest BCUT2D eigenvalue weighted by Crippen LogP contribution is -1.78. The van der Waals surface area contributed by atoms with E-state index in [1.54, 1.807) is 23.5 Å². The van der Waals surface area contributed by atoms with Gasteiger partial charge >= 0.3 is 0 Å². The Kier molecular flexibility index (Phi) is 4.60. The molecule has 0 bridgehead atoms.